The van der Waals surface area contributed by atoms with Gasteiger partial charge in [-0.25, -0.2) is 0 Å². The van der Waals surface area contributed by atoms with Crippen LogP contribution in [-0.4, -0.2) is 62.1 Å². The van der Waals surface area contributed by atoms with Crippen molar-refractivity contribution >= 4 is 8.25 Å². The van der Waals surface area contributed by atoms with Gasteiger partial charge in [0.2, 0.25) is 0 Å². The molecule has 2 heterocycles. The van der Waals surface area contributed by atoms with Gasteiger partial charge >= 0.3 is 8.25 Å². The van der Waals surface area contributed by atoms with Crippen molar-refractivity contribution in [3.63, 3.8) is 0 Å². The number of hydrogen-bond acceptors (Lipinski definition) is 7. The second-order valence-electron chi connectivity index (χ2n) is 6.50. The van der Waals surface area contributed by atoms with E-state index >= 15 is 0 Å². The fourth-order valence-corrected chi connectivity index (χ4v) is 4.25. The van der Waals surface area contributed by atoms with Crippen molar-refractivity contribution in [1.82, 2.24) is 0 Å². The third-order valence-corrected chi connectivity index (χ3v) is 5.95. The molecule has 2 aliphatic heterocycles. The molecule has 2 saturated heterocycles. The molecule has 0 aromatic rings. The minimum Gasteiger partial charge on any atom is -0.394 e. The van der Waals surface area contributed by atoms with Crippen LogP contribution in [0.5, 0.6) is 0 Å². The number of ether oxygens (including phenoxy) is 3. The maximum Gasteiger partial charge on any atom is 0.319 e. The van der Waals surface area contributed by atoms with Gasteiger partial charge in [0.25, 0.3) is 0 Å². The van der Waals surface area contributed by atoms with Gasteiger partial charge in [-0.3, -0.25) is 4.57 Å². The van der Waals surface area contributed by atoms with E-state index in [0.29, 0.717) is 0 Å². The Labute approximate surface area is 190 Å². The van der Waals surface area contributed by atoms with Crippen molar-refractivity contribution in [1.29, 1.82) is 0 Å². The molecule has 25 heavy (non-hydrogen) atoms. The molecule has 0 bridgehead atoms. The fraction of sp³-hybridized carbons (Fsp3) is 1.00. The Bertz CT molecular complexity index is 419. The molecule has 7 nitrogen and oxygen atoms in total. The molecule has 1 N–H and O–H groups in total. The Hall–Kier alpha value is 1.78. The van der Waals surface area contributed by atoms with Crippen molar-refractivity contribution in [3.8, 4) is 0 Å². The van der Waals surface area contributed by atoms with Crippen LogP contribution in [0.25, 0.3) is 0 Å². The fourth-order valence-electron chi connectivity index (χ4n) is 3.29. The molecule has 1 radical (unpaired) electrons. The molecule has 0 amide bonds. The number of hydrogen-bond donors (Lipinski definition) is 1. The molecule has 0 aromatic heterocycles. The van der Waals surface area contributed by atoms with Crippen LogP contribution in [0.4, 0.5) is 0 Å². The molecule has 145 valence electrons. The molecule has 0 spiro atoms. The van der Waals surface area contributed by atoms with E-state index in [1.54, 1.807) is 7.11 Å². The van der Waals surface area contributed by atoms with Crippen LogP contribution < -0.4 is 0 Å². The number of rotatable bonds is 7. The van der Waals surface area contributed by atoms with Gasteiger partial charge in [0.15, 0.2) is 0 Å². The maximum atomic E-state index is 12.1. The van der Waals surface area contributed by atoms with Gasteiger partial charge in [0.05, 0.1) is 31.5 Å². The van der Waals surface area contributed by atoms with Gasteiger partial charge in [0.1, 0.15) is 18.3 Å². The quantitative estimate of drug-likeness (QED) is 0.431. The molecule has 2 rings (SSSR count). The zero-order valence-electron chi connectivity index (χ0n) is 15.4. The monoisotopic (exact) mass is 625 g/mol. The van der Waals surface area contributed by atoms with E-state index in [1.807, 2.05) is 20.8 Å². The molecular formula is C15H29O7PWY. The van der Waals surface area contributed by atoms with Gasteiger partial charge in [0, 0.05) is 72.7 Å². The van der Waals surface area contributed by atoms with Crippen LogP contribution >= 0.6 is 8.25 Å². The molecule has 0 aromatic carbocycles. The van der Waals surface area contributed by atoms with Gasteiger partial charge in [-0.1, -0.05) is 13.8 Å². The summed E-state index contributed by atoms with van der Waals surface area (Å²) in [5.41, 5.74) is 0. The summed E-state index contributed by atoms with van der Waals surface area (Å²) in [6.07, 6.45) is -1.22. The maximum absolute atomic E-state index is 12.1. The van der Waals surface area contributed by atoms with Crippen molar-refractivity contribution in [2.75, 3.05) is 20.3 Å². The van der Waals surface area contributed by atoms with Gasteiger partial charge in [-0.05, 0) is 13.8 Å². The van der Waals surface area contributed by atoms with Gasteiger partial charge < -0.3 is 28.4 Å². The Morgan fingerprint density at radius 1 is 1.00 bits per heavy atom. The molecule has 9 atom stereocenters. The van der Waals surface area contributed by atoms with E-state index in [4.69, 9.17) is 23.3 Å². The Balaban J connectivity index is 0.00000288. The summed E-state index contributed by atoms with van der Waals surface area (Å²) in [7, 11) is -1.06. The van der Waals surface area contributed by atoms with E-state index in [1.165, 1.54) is 0 Å². The smallest absolute Gasteiger partial charge is 0.319 e. The largest absolute Gasteiger partial charge is 0.394 e. The van der Waals surface area contributed by atoms with E-state index in [9.17, 15) is 9.67 Å². The summed E-state index contributed by atoms with van der Waals surface area (Å²) >= 11 is 0. The van der Waals surface area contributed by atoms with Crippen LogP contribution in [0, 0.1) is 11.8 Å². The van der Waals surface area contributed by atoms with E-state index < -0.39 is 20.5 Å². The van der Waals surface area contributed by atoms with Crippen LogP contribution in [0.3, 0.4) is 0 Å². The number of aliphatic hydroxyl groups is 1. The van der Waals surface area contributed by atoms with Gasteiger partial charge in [-0.2, -0.15) is 0 Å². The first-order chi connectivity index (χ1) is 10.9. The molecule has 3 unspecified atom stereocenters. The molecule has 10 heteroatoms. The Morgan fingerprint density at radius 2 is 1.52 bits per heavy atom. The average Bonchev–Trinajstić information content (AvgIpc) is 2.95. The minimum atomic E-state index is -2.70. The van der Waals surface area contributed by atoms with Crippen molar-refractivity contribution in [2.45, 2.75) is 64.3 Å². The van der Waals surface area contributed by atoms with Crippen LogP contribution in [0.15, 0.2) is 0 Å². The van der Waals surface area contributed by atoms with E-state index in [0.717, 1.165) is 0 Å². The molecule has 2 fully saturated rings. The second kappa shape index (κ2) is 12.4. The molecular weight excluding hydrogens is 596 g/mol. The van der Waals surface area contributed by atoms with Crippen LogP contribution in [0.2, 0.25) is 0 Å². The van der Waals surface area contributed by atoms with E-state index in [2.05, 4.69) is 6.92 Å². The van der Waals surface area contributed by atoms with E-state index in [-0.39, 0.29) is 103 Å². The summed E-state index contributed by atoms with van der Waals surface area (Å²) in [5.74, 6) is 0.291. The summed E-state index contributed by atoms with van der Waals surface area (Å²) in [6.45, 7) is 7.90. The normalized spacial score (nSPS) is 41.8. The Kier molecular flexibility index (Phi) is 13.2. The Morgan fingerprint density at radius 3 is 2.04 bits per heavy atom. The van der Waals surface area contributed by atoms with Crippen molar-refractivity contribution in [2.24, 2.45) is 11.8 Å². The van der Waals surface area contributed by atoms with Crippen LogP contribution in [0.1, 0.15) is 27.7 Å². The number of methoxy groups -OCH3 is 1. The third kappa shape index (κ3) is 6.66. The standard InChI is InChI=1S/C15H29O7P.W.Y/c1-8-10(3)21-13(14(8)18-5)7-19-23(17)22-15-9(2)11(4)20-12(15)6-16;;/h8-16,23H,6-7H2,1-5H3;;/t8-,9-,10+,11+,12-,13-,14?,15?;;/m1../s1. The summed E-state index contributed by atoms with van der Waals surface area (Å²) in [4.78, 5) is 0. The first kappa shape index (κ1) is 26.8. The van der Waals surface area contributed by atoms with Gasteiger partial charge in [-0.15, -0.1) is 0 Å². The topological polar surface area (TPSA) is 83.5 Å². The van der Waals surface area contributed by atoms with Crippen molar-refractivity contribution < 1.29 is 86.7 Å². The van der Waals surface area contributed by atoms with Crippen molar-refractivity contribution in [3.05, 3.63) is 0 Å². The third-order valence-electron chi connectivity index (χ3n) is 5.08. The first-order valence-corrected chi connectivity index (χ1v) is 9.39. The molecule has 0 aliphatic carbocycles. The second-order valence-corrected chi connectivity index (χ2v) is 7.53. The SMILES string of the molecule is COC1[C@@H](CO[PH](=O)OC2[C@@H](CO)O[C@@H](C)[C@H]2C)O[C@@H](C)[C@H]1C.[W].[Y]. The summed E-state index contributed by atoms with van der Waals surface area (Å²) in [5, 5.41) is 9.34. The average molecular weight is 625 g/mol. The minimum absolute atomic E-state index is 0. The number of aliphatic hydroxyl groups excluding tert-OH is 1. The predicted molar refractivity (Wildman–Crippen MR) is 84.7 cm³/mol. The first-order valence-electron chi connectivity index (χ1n) is 8.17. The molecule has 0 saturated carbocycles. The van der Waals surface area contributed by atoms with Crippen LogP contribution in [-0.2, 0) is 81.6 Å². The summed E-state index contributed by atoms with van der Waals surface area (Å²) in [6, 6.07) is 0. The zero-order chi connectivity index (χ0) is 17.1. The zero-order valence-corrected chi connectivity index (χ0v) is 22.2. The molecule has 2 aliphatic rings. The summed E-state index contributed by atoms with van der Waals surface area (Å²) < 4.78 is 39.8. The predicted octanol–water partition coefficient (Wildman–Crippen LogP) is 1.63.